The summed E-state index contributed by atoms with van der Waals surface area (Å²) in [6.45, 7) is 2.47. The minimum absolute atomic E-state index is 0.0303. The molecule has 0 bridgehead atoms. The summed E-state index contributed by atoms with van der Waals surface area (Å²) < 4.78 is 20.0. The van der Waals surface area contributed by atoms with Crippen LogP contribution >= 0.6 is 0 Å². The zero-order chi connectivity index (χ0) is 18.8. The molecule has 0 atom stereocenters. The molecule has 0 unspecified atom stereocenters. The molecule has 0 aliphatic carbocycles. The molecule has 2 rings (SSSR count). The average molecular weight is 357 g/mol. The number of ether oxygens (including phenoxy) is 1. The van der Waals surface area contributed by atoms with Gasteiger partial charge in [0, 0.05) is 18.3 Å². The number of pyridine rings is 1. The summed E-state index contributed by atoms with van der Waals surface area (Å²) >= 11 is 0. The van der Waals surface area contributed by atoms with Crippen molar-refractivity contribution in [3.8, 4) is 5.75 Å². The van der Waals surface area contributed by atoms with Gasteiger partial charge in [0.25, 0.3) is 5.91 Å². The Kier molecular flexibility index (Phi) is 7.61. The van der Waals surface area contributed by atoms with Crippen molar-refractivity contribution in [1.82, 2.24) is 10.3 Å². The highest BCUT2D eigenvalue weighted by atomic mass is 19.1. The second-order valence-electron chi connectivity index (χ2n) is 5.77. The molecule has 26 heavy (non-hydrogen) atoms. The van der Waals surface area contributed by atoms with E-state index in [2.05, 4.69) is 17.2 Å². The van der Waals surface area contributed by atoms with E-state index in [1.807, 2.05) is 12.2 Å². The second kappa shape index (κ2) is 10.2. The number of rotatable bonds is 9. The van der Waals surface area contributed by atoms with Gasteiger partial charge in [0.1, 0.15) is 12.4 Å². The molecule has 6 heteroatoms. The molecule has 0 aliphatic rings. The third-order valence-corrected chi connectivity index (χ3v) is 3.79. The van der Waals surface area contributed by atoms with Gasteiger partial charge in [-0.15, -0.1) is 0 Å². The highest BCUT2D eigenvalue weighted by Gasteiger charge is 2.13. The lowest BCUT2D eigenvalue weighted by molar-refractivity contribution is 0.0951. The van der Waals surface area contributed by atoms with Crippen LogP contribution in [-0.4, -0.2) is 17.5 Å². The van der Waals surface area contributed by atoms with Crippen LogP contribution in [0.2, 0.25) is 0 Å². The van der Waals surface area contributed by atoms with Crippen LogP contribution in [0.15, 0.2) is 48.7 Å². The van der Waals surface area contributed by atoms with Crippen LogP contribution in [0.4, 0.5) is 10.2 Å². The fraction of sp³-hybridized carbons (Fsp3) is 0.300. The number of aromatic nitrogens is 1. The van der Waals surface area contributed by atoms with Crippen LogP contribution < -0.4 is 15.8 Å². The molecular weight excluding hydrogens is 333 g/mol. The van der Waals surface area contributed by atoms with Gasteiger partial charge < -0.3 is 15.8 Å². The fourth-order valence-electron chi connectivity index (χ4n) is 2.33. The van der Waals surface area contributed by atoms with Crippen molar-refractivity contribution < 1.29 is 13.9 Å². The Bertz CT molecular complexity index is 762. The summed E-state index contributed by atoms with van der Waals surface area (Å²) in [6, 6.07) is 8.05. The Balaban J connectivity index is 1.93. The van der Waals surface area contributed by atoms with E-state index in [-0.39, 0.29) is 23.7 Å². The van der Waals surface area contributed by atoms with Crippen molar-refractivity contribution in [3.63, 3.8) is 0 Å². The van der Waals surface area contributed by atoms with Crippen LogP contribution in [0, 0.1) is 5.82 Å². The molecule has 0 radical (unpaired) electrons. The van der Waals surface area contributed by atoms with Crippen LogP contribution in [0.25, 0.3) is 0 Å². The Morgan fingerprint density at radius 2 is 2.15 bits per heavy atom. The molecular formula is C20H24FN3O2. The topological polar surface area (TPSA) is 77.2 Å². The first-order chi connectivity index (χ1) is 12.6. The Morgan fingerprint density at radius 1 is 1.31 bits per heavy atom. The van der Waals surface area contributed by atoms with Crippen LogP contribution in [0.3, 0.4) is 0 Å². The molecule has 0 saturated carbocycles. The number of amides is 1. The number of hydrogen-bond acceptors (Lipinski definition) is 4. The van der Waals surface area contributed by atoms with Crippen molar-refractivity contribution in [1.29, 1.82) is 0 Å². The number of nitrogens with one attached hydrogen (secondary N) is 1. The number of halogens is 1. The predicted octanol–water partition coefficient (Wildman–Crippen LogP) is 3.86. The summed E-state index contributed by atoms with van der Waals surface area (Å²) in [5.41, 5.74) is 6.27. The van der Waals surface area contributed by atoms with Crippen LogP contribution in [0.1, 0.15) is 42.1 Å². The Labute approximate surface area is 153 Å². The first-order valence-corrected chi connectivity index (χ1v) is 8.67. The highest BCUT2D eigenvalue weighted by Crippen LogP contribution is 2.20. The van der Waals surface area contributed by atoms with Gasteiger partial charge in [-0.25, -0.2) is 9.37 Å². The molecule has 1 heterocycles. The Hall–Kier alpha value is -2.89. The first kappa shape index (κ1) is 19.4. The summed E-state index contributed by atoms with van der Waals surface area (Å²) in [7, 11) is 0. The standard InChI is InChI=1S/C20H24FN3O2/c1-2-3-4-5-6-13-26-17-11-7-9-15(18(17)21)14-24-20(25)16-10-8-12-23-19(16)22/h5-12H,2-4,13-14H2,1H3,(H2,22,23)(H,24,25). The largest absolute Gasteiger partial charge is 0.486 e. The molecule has 3 N–H and O–H groups in total. The van der Waals surface area contributed by atoms with Gasteiger partial charge in [-0.2, -0.15) is 0 Å². The fourth-order valence-corrected chi connectivity index (χ4v) is 2.33. The van der Waals surface area contributed by atoms with E-state index >= 15 is 0 Å². The monoisotopic (exact) mass is 357 g/mol. The molecule has 1 aromatic heterocycles. The van der Waals surface area contributed by atoms with E-state index in [0.29, 0.717) is 12.2 Å². The number of hydrogen-bond donors (Lipinski definition) is 2. The predicted molar refractivity (Wildman–Crippen MR) is 100 cm³/mol. The number of allylic oxidation sites excluding steroid dienone is 1. The van der Waals surface area contributed by atoms with Crippen molar-refractivity contribution in [2.75, 3.05) is 12.3 Å². The maximum atomic E-state index is 14.5. The number of carbonyl (C=O) groups excluding carboxylic acids is 1. The molecule has 0 fully saturated rings. The molecule has 5 nitrogen and oxygen atoms in total. The van der Waals surface area contributed by atoms with Gasteiger partial charge in [-0.05, 0) is 24.6 Å². The zero-order valence-corrected chi connectivity index (χ0v) is 14.9. The van der Waals surface area contributed by atoms with E-state index in [4.69, 9.17) is 10.5 Å². The highest BCUT2D eigenvalue weighted by molar-refractivity contribution is 5.98. The molecule has 0 saturated heterocycles. The van der Waals surface area contributed by atoms with E-state index < -0.39 is 11.7 Å². The SMILES string of the molecule is CCCCC=CCOc1cccc(CNC(=O)c2cccnc2N)c1F. The number of anilines is 1. The quantitative estimate of drug-likeness (QED) is 0.528. The van der Waals surface area contributed by atoms with Gasteiger partial charge in [0.05, 0.1) is 5.56 Å². The first-order valence-electron chi connectivity index (χ1n) is 8.67. The van der Waals surface area contributed by atoms with E-state index in [1.54, 1.807) is 30.3 Å². The second-order valence-corrected chi connectivity index (χ2v) is 5.77. The molecule has 0 spiro atoms. The molecule has 1 aromatic carbocycles. The summed E-state index contributed by atoms with van der Waals surface area (Å²) in [4.78, 5) is 16.0. The van der Waals surface area contributed by atoms with E-state index in [0.717, 1.165) is 19.3 Å². The molecule has 1 amide bonds. The van der Waals surface area contributed by atoms with Gasteiger partial charge in [0.15, 0.2) is 11.6 Å². The number of carbonyl (C=O) groups is 1. The summed E-state index contributed by atoms with van der Waals surface area (Å²) in [6.07, 6.45) is 8.67. The van der Waals surface area contributed by atoms with Gasteiger partial charge in [-0.1, -0.05) is 44.1 Å². The molecule has 0 aliphatic heterocycles. The lowest BCUT2D eigenvalue weighted by Gasteiger charge is -2.10. The molecule has 2 aromatic rings. The lowest BCUT2D eigenvalue weighted by atomic mass is 10.2. The minimum Gasteiger partial charge on any atom is -0.486 e. The summed E-state index contributed by atoms with van der Waals surface area (Å²) in [5, 5.41) is 2.65. The summed E-state index contributed by atoms with van der Waals surface area (Å²) in [5.74, 6) is -0.579. The number of benzene rings is 1. The lowest BCUT2D eigenvalue weighted by Crippen LogP contribution is -2.24. The van der Waals surface area contributed by atoms with Crippen molar-refractivity contribution in [2.45, 2.75) is 32.7 Å². The van der Waals surface area contributed by atoms with Gasteiger partial charge >= 0.3 is 0 Å². The Morgan fingerprint density at radius 3 is 2.92 bits per heavy atom. The number of nitrogens with two attached hydrogens (primary N) is 1. The van der Waals surface area contributed by atoms with Crippen LogP contribution in [-0.2, 0) is 6.54 Å². The third kappa shape index (κ3) is 5.58. The normalized spacial score (nSPS) is 10.8. The number of nitrogens with zero attached hydrogens (tertiary/aromatic N) is 1. The average Bonchev–Trinajstić information content (AvgIpc) is 2.65. The number of nitrogen functional groups attached to an aromatic ring is 1. The van der Waals surface area contributed by atoms with Crippen molar-refractivity contribution in [3.05, 3.63) is 65.6 Å². The van der Waals surface area contributed by atoms with Gasteiger partial charge in [0.2, 0.25) is 0 Å². The van der Waals surface area contributed by atoms with Crippen molar-refractivity contribution >= 4 is 11.7 Å². The number of unbranched alkanes of at least 4 members (excludes halogenated alkanes) is 2. The maximum Gasteiger partial charge on any atom is 0.255 e. The van der Waals surface area contributed by atoms with E-state index in [9.17, 15) is 9.18 Å². The minimum atomic E-state index is -0.478. The third-order valence-electron chi connectivity index (χ3n) is 3.79. The van der Waals surface area contributed by atoms with Crippen LogP contribution in [0.5, 0.6) is 5.75 Å². The maximum absolute atomic E-state index is 14.5. The van der Waals surface area contributed by atoms with Gasteiger partial charge in [-0.3, -0.25) is 4.79 Å². The van der Waals surface area contributed by atoms with E-state index in [1.165, 1.54) is 6.20 Å². The zero-order valence-electron chi connectivity index (χ0n) is 14.9. The molecule has 138 valence electrons. The smallest absolute Gasteiger partial charge is 0.255 e. The van der Waals surface area contributed by atoms with Crippen molar-refractivity contribution in [2.24, 2.45) is 0 Å².